The van der Waals surface area contributed by atoms with E-state index < -0.39 is 0 Å². The Morgan fingerprint density at radius 3 is 3.00 bits per heavy atom. The van der Waals surface area contributed by atoms with Crippen molar-refractivity contribution in [2.24, 2.45) is 0 Å². The Labute approximate surface area is 77.3 Å². The smallest absolute Gasteiger partial charge is 0.426 e. The second-order valence-electron chi connectivity index (χ2n) is 2.67. The minimum Gasteiger partial charge on any atom is -0.482 e. The molecule has 0 aromatic heterocycles. The molecule has 0 heterocycles. The average molecular weight is 175 g/mol. The summed E-state index contributed by atoms with van der Waals surface area (Å²) in [4.78, 5) is 3.11. The summed E-state index contributed by atoms with van der Waals surface area (Å²) >= 11 is 0. The number of ether oxygens (including phenoxy) is 1. The maximum absolute atomic E-state index is 8.63. The molecule has 1 aromatic carbocycles. The van der Waals surface area contributed by atoms with Crippen LogP contribution in [0.2, 0.25) is 0 Å². The molecule has 0 radical (unpaired) electrons. The molecule has 0 amide bonds. The summed E-state index contributed by atoms with van der Waals surface area (Å²) in [7, 11) is 0. The molecule has 0 fully saturated rings. The molecular weight excluding hydrogens is 164 g/mol. The van der Waals surface area contributed by atoms with Gasteiger partial charge in [0.1, 0.15) is 6.61 Å². The minimum atomic E-state index is 0.409. The van der Waals surface area contributed by atoms with E-state index in [-0.39, 0.29) is 0 Å². The molecular formula is C10H11N2O+. The lowest BCUT2D eigenvalue weighted by Gasteiger charge is -2.00. The second kappa shape index (κ2) is 4.27. The highest BCUT2D eigenvalue weighted by Crippen LogP contribution is 2.28. The first-order chi connectivity index (χ1) is 6.27. The molecule has 13 heavy (non-hydrogen) atoms. The fourth-order valence-electron chi connectivity index (χ4n) is 0.968. The van der Waals surface area contributed by atoms with Gasteiger partial charge in [0.2, 0.25) is 11.1 Å². The lowest BCUT2D eigenvalue weighted by Crippen LogP contribution is -1.92. The quantitative estimate of drug-likeness (QED) is 0.523. The maximum Gasteiger partial charge on any atom is 0.426 e. The number of diazo groups is 1. The molecule has 0 atom stereocenters. The van der Waals surface area contributed by atoms with Crippen molar-refractivity contribution in [2.75, 3.05) is 6.61 Å². The summed E-state index contributed by atoms with van der Waals surface area (Å²) in [5, 5.41) is 8.63. The molecule has 0 unspecified atom stereocenters. The van der Waals surface area contributed by atoms with Crippen LogP contribution < -0.4 is 4.74 Å². The SMILES string of the molecule is C=CCOc1cc(C)ccc1[N+]#N. The van der Waals surface area contributed by atoms with Gasteiger partial charge in [0.15, 0.2) is 4.98 Å². The number of hydrogen-bond acceptors (Lipinski definition) is 2. The summed E-state index contributed by atoms with van der Waals surface area (Å²) in [5.74, 6) is 0.572. The number of aryl methyl sites for hydroxylation is 1. The van der Waals surface area contributed by atoms with Gasteiger partial charge < -0.3 is 4.74 Å². The molecule has 3 nitrogen and oxygen atoms in total. The van der Waals surface area contributed by atoms with E-state index >= 15 is 0 Å². The predicted octanol–water partition coefficient (Wildman–Crippen LogP) is 3.04. The van der Waals surface area contributed by atoms with Crippen molar-refractivity contribution < 1.29 is 4.74 Å². The maximum atomic E-state index is 8.63. The zero-order chi connectivity index (χ0) is 9.68. The largest absolute Gasteiger partial charge is 0.482 e. The number of nitrogens with zero attached hydrogens (tertiary/aromatic N) is 2. The van der Waals surface area contributed by atoms with Gasteiger partial charge in [-0.25, -0.2) is 0 Å². The van der Waals surface area contributed by atoms with Crippen LogP contribution in [0.25, 0.3) is 4.98 Å². The van der Waals surface area contributed by atoms with Crippen molar-refractivity contribution in [2.45, 2.75) is 6.92 Å². The van der Waals surface area contributed by atoms with E-state index in [0.717, 1.165) is 5.56 Å². The monoisotopic (exact) mass is 175 g/mol. The molecule has 66 valence electrons. The van der Waals surface area contributed by atoms with Crippen LogP contribution in [0.15, 0.2) is 30.9 Å². The van der Waals surface area contributed by atoms with Crippen LogP contribution in [-0.4, -0.2) is 6.61 Å². The molecule has 1 rings (SSSR count). The van der Waals surface area contributed by atoms with Crippen LogP contribution in [0.4, 0.5) is 5.69 Å². The van der Waals surface area contributed by atoms with E-state index in [0.29, 0.717) is 18.0 Å². The third-order valence-electron chi connectivity index (χ3n) is 1.58. The second-order valence-corrected chi connectivity index (χ2v) is 2.67. The van der Waals surface area contributed by atoms with E-state index in [9.17, 15) is 0 Å². The lowest BCUT2D eigenvalue weighted by molar-refractivity contribution is 0.365. The van der Waals surface area contributed by atoms with Crippen LogP contribution in [0.5, 0.6) is 5.75 Å². The van der Waals surface area contributed by atoms with Crippen LogP contribution >= 0.6 is 0 Å². The zero-order valence-electron chi connectivity index (χ0n) is 7.53. The molecule has 0 spiro atoms. The molecule has 0 saturated carbocycles. The Morgan fingerprint density at radius 1 is 1.62 bits per heavy atom. The van der Waals surface area contributed by atoms with E-state index in [1.807, 2.05) is 19.1 Å². The Bertz CT molecular complexity index is 352. The summed E-state index contributed by atoms with van der Waals surface area (Å²) in [6, 6.07) is 5.38. The van der Waals surface area contributed by atoms with Gasteiger partial charge in [-0.1, -0.05) is 18.7 Å². The van der Waals surface area contributed by atoms with E-state index in [2.05, 4.69) is 11.6 Å². The van der Waals surface area contributed by atoms with Crippen LogP contribution in [0.1, 0.15) is 5.56 Å². The fraction of sp³-hybridized carbons (Fsp3) is 0.200. The standard InChI is InChI=1S/C10H11N2O/c1-3-6-13-10-7-8(2)4-5-9(10)12-11/h3-5,7H,1,6H2,2H3/q+1. The number of benzene rings is 1. The molecule has 0 bridgehead atoms. The highest BCUT2D eigenvalue weighted by Gasteiger charge is 2.13. The predicted molar refractivity (Wildman–Crippen MR) is 51.6 cm³/mol. The summed E-state index contributed by atoms with van der Waals surface area (Å²) in [6.07, 6.45) is 1.64. The third kappa shape index (κ3) is 2.31. The lowest BCUT2D eigenvalue weighted by atomic mass is 10.2. The van der Waals surface area contributed by atoms with E-state index in [4.69, 9.17) is 10.1 Å². The first-order valence-corrected chi connectivity index (χ1v) is 3.97. The van der Waals surface area contributed by atoms with Crippen molar-refractivity contribution in [3.63, 3.8) is 0 Å². The van der Waals surface area contributed by atoms with Crippen molar-refractivity contribution in [1.82, 2.24) is 0 Å². The Hall–Kier alpha value is -1.82. The van der Waals surface area contributed by atoms with E-state index in [1.165, 1.54) is 0 Å². The molecule has 0 aliphatic carbocycles. The number of rotatable bonds is 3. The van der Waals surface area contributed by atoms with Crippen molar-refractivity contribution in [3.8, 4) is 5.75 Å². The molecule has 1 aromatic rings. The van der Waals surface area contributed by atoms with Gasteiger partial charge in [-0.3, -0.25) is 0 Å². The summed E-state index contributed by atoms with van der Waals surface area (Å²) in [5.41, 5.74) is 1.50. The van der Waals surface area contributed by atoms with Gasteiger partial charge in [0, 0.05) is 6.07 Å². The summed E-state index contributed by atoms with van der Waals surface area (Å²) < 4.78 is 5.29. The Morgan fingerprint density at radius 2 is 2.38 bits per heavy atom. The highest BCUT2D eigenvalue weighted by atomic mass is 16.5. The minimum absolute atomic E-state index is 0.409. The van der Waals surface area contributed by atoms with E-state index in [1.54, 1.807) is 12.1 Å². The third-order valence-corrected chi connectivity index (χ3v) is 1.58. The molecule has 0 aliphatic heterocycles. The zero-order valence-corrected chi connectivity index (χ0v) is 7.53. The number of hydrogen-bond donors (Lipinski definition) is 0. The average Bonchev–Trinajstić information content (AvgIpc) is 2.15. The van der Waals surface area contributed by atoms with Crippen molar-refractivity contribution in [3.05, 3.63) is 41.4 Å². The van der Waals surface area contributed by atoms with Gasteiger partial charge in [0.05, 0.1) is 0 Å². The van der Waals surface area contributed by atoms with Gasteiger partial charge in [-0.2, -0.15) is 0 Å². The first-order valence-electron chi connectivity index (χ1n) is 3.97. The molecule has 3 heteroatoms. The Balaban J connectivity index is 2.95. The van der Waals surface area contributed by atoms with Gasteiger partial charge in [0.25, 0.3) is 0 Å². The summed E-state index contributed by atoms with van der Waals surface area (Å²) in [6.45, 7) is 5.89. The van der Waals surface area contributed by atoms with Crippen LogP contribution in [0, 0.1) is 12.3 Å². The normalized spacial score (nSPS) is 8.92. The first kappa shape index (κ1) is 9.27. The van der Waals surface area contributed by atoms with Crippen LogP contribution in [-0.2, 0) is 0 Å². The van der Waals surface area contributed by atoms with Crippen molar-refractivity contribution >= 4 is 5.69 Å². The molecule has 0 aliphatic rings. The fourth-order valence-corrected chi connectivity index (χ4v) is 0.968. The van der Waals surface area contributed by atoms with Crippen LogP contribution in [0.3, 0.4) is 0 Å². The Kier molecular flexibility index (Phi) is 3.04. The highest BCUT2D eigenvalue weighted by molar-refractivity contribution is 5.57. The van der Waals surface area contributed by atoms with Gasteiger partial charge in [-0.15, -0.1) is 0 Å². The topological polar surface area (TPSA) is 37.4 Å². The van der Waals surface area contributed by atoms with Gasteiger partial charge in [-0.05, 0) is 18.6 Å². The molecule has 0 N–H and O–H groups in total. The van der Waals surface area contributed by atoms with Gasteiger partial charge >= 0.3 is 5.69 Å². The molecule has 0 saturated heterocycles. The van der Waals surface area contributed by atoms with Crippen molar-refractivity contribution in [1.29, 1.82) is 5.39 Å².